The van der Waals surface area contributed by atoms with E-state index in [9.17, 15) is 4.79 Å². The van der Waals surface area contributed by atoms with E-state index in [1.54, 1.807) is 0 Å². The SMILES string of the molecule is O=C1BOOC=C1. The van der Waals surface area contributed by atoms with Gasteiger partial charge in [-0.1, -0.05) is 0 Å². The van der Waals surface area contributed by atoms with Gasteiger partial charge in [-0.3, -0.25) is 4.81 Å². The van der Waals surface area contributed by atoms with E-state index < -0.39 is 0 Å². The van der Waals surface area contributed by atoms with E-state index in [4.69, 9.17) is 0 Å². The maximum absolute atomic E-state index is 10.2. The second-order valence-electron chi connectivity index (χ2n) is 1.13. The van der Waals surface area contributed by atoms with Gasteiger partial charge >= 0.3 is 7.48 Å². The molecule has 0 aliphatic carbocycles. The van der Waals surface area contributed by atoms with Crippen molar-refractivity contribution in [2.45, 2.75) is 0 Å². The Morgan fingerprint density at radius 2 is 2.57 bits per heavy atom. The van der Waals surface area contributed by atoms with Crippen LogP contribution in [0, 0.1) is 0 Å². The minimum Gasteiger partial charge on any atom is -0.361 e. The quantitative estimate of drug-likeness (QED) is 0.298. The van der Waals surface area contributed by atoms with Gasteiger partial charge in [-0.05, 0) is 0 Å². The van der Waals surface area contributed by atoms with Crippen LogP contribution in [0.25, 0.3) is 0 Å². The Labute approximate surface area is 41.1 Å². The van der Waals surface area contributed by atoms with Gasteiger partial charge in [-0.15, -0.1) is 0 Å². The highest BCUT2D eigenvalue weighted by molar-refractivity contribution is 6.71. The second-order valence-corrected chi connectivity index (χ2v) is 1.13. The Hall–Kier alpha value is -0.765. The monoisotopic (exact) mass is 98.0 g/mol. The van der Waals surface area contributed by atoms with E-state index in [0.29, 0.717) is 0 Å². The lowest BCUT2D eigenvalue weighted by Crippen LogP contribution is -2.13. The number of hydrogen-bond acceptors (Lipinski definition) is 3. The van der Waals surface area contributed by atoms with Gasteiger partial charge in [0, 0.05) is 6.08 Å². The first-order valence-corrected chi connectivity index (χ1v) is 1.87. The van der Waals surface area contributed by atoms with Gasteiger partial charge in [0.05, 0.1) is 0 Å². The van der Waals surface area contributed by atoms with Crippen LogP contribution >= 0.6 is 0 Å². The van der Waals surface area contributed by atoms with E-state index in [1.165, 1.54) is 12.3 Å². The van der Waals surface area contributed by atoms with Crippen molar-refractivity contribution in [3.63, 3.8) is 0 Å². The lowest BCUT2D eigenvalue weighted by Gasteiger charge is -1.99. The molecule has 0 saturated heterocycles. The number of hydrogen-bond donors (Lipinski definition) is 0. The van der Waals surface area contributed by atoms with Gasteiger partial charge < -0.3 is 9.68 Å². The standard InChI is InChI=1S/C3H3BO3/c5-3-1-2-6-7-4-3/h1-2,4H. The van der Waals surface area contributed by atoms with E-state index in [2.05, 4.69) is 9.69 Å². The molecule has 1 aliphatic heterocycles. The molecular formula is C3H3BO3. The van der Waals surface area contributed by atoms with Crippen molar-refractivity contribution >= 4 is 13.2 Å². The van der Waals surface area contributed by atoms with E-state index >= 15 is 0 Å². The Morgan fingerprint density at radius 3 is 2.86 bits per heavy atom. The van der Waals surface area contributed by atoms with Crippen LogP contribution in [0.1, 0.15) is 0 Å². The molecule has 7 heavy (non-hydrogen) atoms. The molecule has 0 N–H and O–H groups in total. The van der Waals surface area contributed by atoms with Gasteiger partial charge in [0.1, 0.15) is 6.26 Å². The summed E-state index contributed by atoms with van der Waals surface area (Å²) in [6.45, 7) is 0. The number of carbonyl (C=O) groups excluding carboxylic acids is 1. The van der Waals surface area contributed by atoms with Gasteiger partial charge in [0.2, 0.25) is 0 Å². The molecule has 0 bridgehead atoms. The number of rotatable bonds is 0. The van der Waals surface area contributed by atoms with Gasteiger partial charge in [-0.25, -0.2) is 0 Å². The van der Waals surface area contributed by atoms with Crippen molar-refractivity contribution in [2.24, 2.45) is 0 Å². The summed E-state index contributed by atoms with van der Waals surface area (Å²) in [5.74, 6) is 0. The summed E-state index contributed by atoms with van der Waals surface area (Å²) in [7, 11) is 0.0382. The molecule has 0 saturated carbocycles. The molecule has 0 amide bonds. The number of allylic oxidation sites excluding steroid dienone is 1. The van der Waals surface area contributed by atoms with Gasteiger partial charge in [-0.2, -0.15) is 0 Å². The van der Waals surface area contributed by atoms with Crippen LogP contribution in [0.3, 0.4) is 0 Å². The Balaban J connectivity index is 2.51. The van der Waals surface area contributed by atoms with Crippen LogP contribution in [0.15, 0.2) is 12.3 Å². The van der Waals surface area contributed by atoms with Crippen molar-refractivity contribution in [1.29, 1.82) is 0 Å². The molecule has 0 spiro atoms. The average molecular weight is 97.9 g/mol. The molecule has 0 atom stereocenters. The van der Waals surface area contributed by atoms with Gasteiger partial charge in [0.25, 0.3) is 0 Å². The molecule has 0 unspecified atom stereocenters. The highest BCUT2D eigenvalue weighted by Gasteiger charge is 2.05. The molecule has 4 heteroatoms. The first kappa shape index (κ1) is 4.40. The van der Waals surface area contributed by atoms with Crippen molar-refractivity contribution in [3.05, 3.63) is 12.3 Å². The van der Waals surface area contributed by atoms with Crippen molar-refractivity contribution in [2.75, 3.05) is 0 Å². The lowest BCUT2D eigenvalue weighted by atomic mass is 9.94. The van der Waals surface area contributed by atoms with E-state index in [1.807, 2.05) is 0 Å². The minimum atomic E-state index is -0.0637. The molecule has 0 fully saturated rings. The fraction of sp³-hybridized carbons (Fsp3) is 0. The van der Waals surface area contributed by atoms with Crippen LogP contribution in [-0.4, -0.2) is 13.2 Å². The fourth-order valence-electron chi connectivity index (χ4n) is 0.283. The largest absolute Gasteiger partial charge is 0.418 e. The average Bonchev–Trinajstić information content (AvgIpc) is 1.69. The van der Waals surface area contributed by atoms with Crippen LogP contribution < -0.4 is 0 Å². The molecule has 1 aliphatic rings. The minimum absolute atomic E-state index is 0.0382. The molecule has 0 aromatic carbocycles. The third-order valence-electron chi connectivity index (χ3n) is 0.579. The van der Waals surface area contributed by atoms with Crippen LogP contribution in [0.4, 0.5) is 0 Å². The molecule has 0 aromatic heterocycles. The fourth-order valence-corrected chi connectivity index (χ4v) is 0.283. The molecular weight excluding hydrogens is 94.8 g/mol. The Kier molecular flexibility index (Phi) is 1.13. The van der Waals surface area contributed by atoms with Gasteiger partial charge in [0.15, 0.2) is 5.68 Å². The molecule has 1 rings (SSSR count). The molecule has 1 heterocycles. The first-order chi connectivity index (χ1) is 3.39. The zero-order valence-electron chi connectivity index (χ0n) is 3.59. The predicted octanol–water partition coefficient (Wildman–Crippen LogP) is -0.660. The van der Waals surface area contributed by atoms with Crippen LogP contribution in [0.2, 0.25) is 0 Å². The topological polar surface area (TPSA) is 35.5 Å². The summed E-state index contributed by atoms with van der Waals surface area (Å²) in [5, 5.41) is 0. The molecule has 0 aromatic rings. The highest BCUT2D eigenvalue weighted by Crippen LogP contribution is 1.87. The normalized spacial score (nSPS) is 18.0. The predicted molar refractivity (Wildman–Crippen MR) is 23.5 cm³/mol. The summed E-state index contributed by atoms with van der Waals surface area (Å²) in [5.41, 5.74) is -0.0637. The third-order valence-corrected chi connectivity index (χ3v) is 0.579. The second kappa shape index (κ2) is 1.79. The summed E-state index contributed by atoms with van der Waals surface area (Å²) in [6.07, 6.45) is 2.54. The van der Waals surface area contributed by atoms with E-state index in [-0.39, 0.29) is 13.2 Å². The van der Waals surface area contributed by atoms with Crippen molar-refractivity contribution in [1.82, 2.24) is 0 Å². The van der Waals surface area contributed by atoms with Crippen LogP contribution in [-0.2, 0) is 14.5 Å². The zero-order chi connectivity index (χ0) is 5.11. The number of carbonyl (C=O) groups is 1. The molecule has 3 nitrogen and oxygen atoms in total. The van der Waals surface area contributed by atoms with E-state index in [0.717, 1.165) is 0 Å². The zero-order valence-corrected chi connectivity index (χ0v) is 3.59. The molecule has 36 valence electrons. The molecule has 0 radical (unpaired) electrons. The summed E-state index contributed by atoms with van der Waals surface area (Å²) in [4.78, 5) is 18.7. The summed E-state index contributed by atoms with van der Waals surface area (Å²) in [6, 6.07) is 0. The van der Waals surface area contributed by atoms with Crippen molar-refractivity contribution < 1.29 is 14.5 Å². The summed E-state index contributed by atoms with van der Waals surface area (Å²) < 4.78 is 0. The summed E-state index contributed by atoms with van der Waals surface area (Å²) >= 11 is 0. The Morgan fingerprint density at radius 1 is 1.71 bits per heavy atom. The maximum atomic E-state index is 10.2. The third kappa shape index (κ3) is 1.05. The van der Waals surface area contributed by atoms with Crippen LogP contribution in [0.5, 0.6) is 0 Å². The first-order valence-electron chi connectivity index (χ1n) is 1.87. The smallest absolute Gasteiger partial charge is 0.361 e. The maximum Gasteiger partial charge on any atom is 0.418 e. The highest BCUT2D eigenvalue weighted by atomic mass is 17.2. The Bertz CT molecular complexity index is 109. The lowest BCUT2D eigenvalue weighted by molar-refractivity contribution is -0.158. The van der Waals surface area contributed by atoms with Crippen molar-refractivity contribution in [3.8, 4) is 0 Å².